The molecule has 0 aliphatic carbocycles. The largest absolute Gasteiger partial charge is 0.299 e. The number of aromatic nitrogens is 1. The third-order valence-electron chi connectivity index (χ3n) is 5.04. The first-order valence-corrected chi connectivity index (χ1v) is 13.2. The second-order valence-electron chi connectivity index (χ2n) is 8.27. The summed E-state index contributed by atoms with van der Waals surface area (Å²) in [5, 5.41) is 1.09. The summed E-state index contributed by atoms with van der Waals surface area (Å²) < 4.78 is 29.3. The molecule has 0 saturated carbocycles. The lowest BCUT2D eigenvalue weighted by Crippen LogP contribution is -2.13. The third-order valence-corrected chi connectivity index (χ3v) is 7.64. The van der Waals surface area contributed by atoms with E-state index in [1.54, 1.807) is 18.2 Å². The van der Waals surface area contributed by atoms with Crippen LogP contribution in [0.5, 0.6) is 0 Å². The van der Waals surface area contributed by atoms with Crippen LogP contribution in [0.3, 0.4) is 0 Å². The lowest BCUT2D eigenvalue weighted by atomic mass is 10.00. The number of rotatable bonds is 5. The predicted octanol–water partition coefficient (Wildman–Crippen LogP) is 5.95. The summed E-state index contributed by atoms with van der Waals surface area (Å²) >= 11 is 7.52. The van der Waals surface area contributed by atoms with Crippen LogP contribution >= 0.6 is 22.9 Å². The van der Waals surface area contributed by atoms with Crippen molar-refractivity contribution in [1.82, 2.24) is 9.88 Å². The quantitative estimate of drug-likeness (QED) is 0.338. The van der Waals surface area contributed by atoms with Crippen molar-refractivity contribution in [1.29, 1.82) is 0 Å². The molecule has 8 heteroatoms. The first kappa shape index (κ1) is 24.2. The summed E-state index contributed by atoms with van der Waals surface area (Å²) in [6.45, 7) is 4.49. The zero-order chi connectivity index (χ0) is 24.5. The first-order chi connectivity index (χ1) is 16.1. The number of aryl methyl sites for hydroxylation is 2. The van der Waals surface area contributed by atoms with Crippen LogP contribution in [0.15, 0.2) is 59.5 Å². The molecule has 1 N–H and O–H groups in total. The van der Waals surface area contributed by atoms with Gasteiger partial charge >= 0.3 is 0 Å². The van der Waals surface area contributed by atoms with Gasteiger partial charge in [0.2, 0.25) is 0 Å². The lowest BCUT2D eigenvalue weighted by molar-refractivity contribution is 0.464. The molecule has 4 aromatic rings. The summed E-state index contributed by atoms with van der Waals surface area (Å²) in [6.07, 6.45) is 0. The van der Waals surface area contributed by atoms with Gasteiger partial charge in [0.15, 0.2) is 0 Å². The highest BCUT2D eigenvalue weighted by Gasteiger charge is 2.22. The molecule has 0 atom stereocenters. The number of nitrogens with one attached hydrogen (secondary N) is 1. The summed E-state index contributed by atoms with van der Waals surface area (Å²) in [7, 11) is 0.0636. The minimum atomic E-state index is -3.87. The Balaban J connectivity index is 1.95. The van der Waals surface area contributed by atoms with Crippen LogP contribution in [0.1, 0.15) is 16.1 Å². The number of thiophene rings is 1. The molecule has 2 aromatic carbocycles. The van der Waals surface area contributed by atoms with Gasteiger partial charge in [-0.25, -0.2) is 13.4 Å². The van der Waals surface area contributed by atoms with E-state index in [9.17, 15) is 8.42 Å². The number of anilines is 1. The van der Waals surface area contributed by atoms with Crippen LogP contribution in [-0.4, -0.2) is 38.9 Å². The van der Waals surface area contributed by atoms with Gasteiger partial charge in [0.1, 0.15) is 4.83 Å². The molecule has 0 unspecified atom stereocenters. The smallest absolute Gasteiger partial charge is 0.261 e. The van der Waals surface area contributed by atoms with Gasteiger partial charge in [-0.2, -0.15) is 0 Å². The average Bonchev–Trinajstić information content (AvgIpc) is 3.11. The van der Waals surface area contributed by atoms with Crippen molar-refractivity contribution in [3.8, 4) is 23.0 Å². The maximum Gasteiger partial charge on any atom is 0.261 e. The van der Waals surface area contributed by atoms with Crippen molar-refractivity contribution in [2.45, 2.75) is 18.7 Å². The van der Waals surface area contributed by atoms with Crippen LogP contribution in [0.4, 0.5) is 5.69 Å². The van der Waals surface area contributed by atoms with E-state index in [-0.39, 0.29) is 4.90 Å². The van der Waals surface area contributed by atoms with E-state index in [1.807, 2.05) is 51.0 Å². The molecule has 0 spiro atoms. The summed E-state index contributed by atoms with van der Waals surface area (Å²) in [6, 6.07) is 16.1. The molecule has 4 rings (SSSR count). The van der Waals surface area contributed by atoms with E-state index in [0.29, 0.717) is 22.9 Å². The van der Waals surface area contributed by atoms with Crippen molar-refractivity contribution < 1.29 is 8.42 Å². The van der Waals surface area contributed by atoms with Crippen LogP contribution in [0.25, 0.3) is 21.3 Å². The Morgan fingerprint density at radius 1 is 1.09 bits per heavy atom. The van der Waals surface area contributed by atoms with Gasteiger partial charge in [0, 0.05) is 21.7 Å². The number of sulfonamides is 1. The number of nitrogens with zero attached hydrogens (tertiary/aromatic N) is 2. The molecule has 2 aromatic heterocycles. The molecule has 0 radical (unpaired) electrons. The van der Waals surface area contributed by atoms with Gasteiger partial charge in [0.05, 0.1) is 22.0 Å². The van der Waals surface area contributed by atoms with E-state index in [4.69, 9.17) is 16.6 Å². The number of fused-ring (bicyclic) bond motifs is 1. The second-order valence-corrected chi connectivity index (χ2v) is 11.4. The fourth-order valence-electron chi connectivity index (χ4n) is 3.58. The normalized spacial score (nSPS) is 11.5. The summed E-state index contributed by atoms with van der Waals surface area (Å²) in [5.74, 6) is 6.50. The Kier molecular flexibility index (Phi) is 6.96. The zero-order valence-corrected chi connectivity index (χ0v) is 21.7. The standard InChI is InChI=1S/C26H24ClN3O2S2/c1-17-8-5-9-19(14-17)24-23(12-7-13-30(3)4)33-26-25(24)22(15-18(2)28-26)29-34(31,32)21-11-6-10-20(27)16-21/h5-6,8-11,14-16H,13H2,1-4H3,(H,28,29). The van der Waals surface area contributed by atoms with Crippen molar-refractivity contribution in [3.05, 3.63) is 75.8 Å². The Hall–Kier alpha value is -2.89. The fourth-order valence-corrected chi connectivity index (χ4v) is 6.09. The molecule has 34 heavy (non-hydrogen) atoms. The predicted molar refractivity (Wildman–Crippen MR) is 142 cm³/mol. The van der Waals surface area contributed by atoms with Crippen LogP contribution in [-0.2, 0) is 10.0 Å². The Morgan fingerprint density at radius 2 is 1.85 bits per heavy atom. The first-order valence-electron chi connectivity index (χ1n) is 10.6. The number of pyridine rings is 1. The van der Waals surface area contributed by atoms with Gasteiger partial charge in [-0.1, -0.05) is 59.3 Å². The topological polar surface area (TPSA) is 62.3 Å². The van der Waals surface area contributed by atoms with Crippen LogP contribution < -0.4 is 4.72 Å². The summed E-state index contributed by atoms with van der Waals surface area (Å²) in [4.78, 5) is 8.39. The van der Waals surface area contributed by atoms with E-state index >= 15 is 0 Å². The molecule has 0 aliphatic heterocycles. The van der Waals surface area contributed by atoms with Crippen molar-refractivity contribution in [2.75, 3.05) is 25.4 Å². The van der Waals surface area contributed by atoms with Crippen molar-refractivity contribution in [3.63, 3.8) is 0 Å². The van der Waals surface area contributed by atoms with Crippen LogP contribution in [0, 0.1) is 25.7 Å². The molecule has 0 saturated heterocycles. The minimum absolute atomic E-state index is 0.0981. The van der Waals surface area contributed by atoms with Gasteiger partial charge in [-0.3, -0.25) is 9.62 Å². The Labute approximate surface area is 209 Å². The third kappa shape index (κ3) is 5.26. The fraction of sp³-hybridized carbons (Fsp3) is 0.192. The Bertz CT molecular complexity index is 1550. The molecule has 0 amide bonds. The molecule has 0 fully saturated rings. The molecular weight excluding hydrogens is 486 g/mol. The van der Waals surface area contributed by atoms with Gasteiger partial charge in [-0.15, -0.1) is 11.3 Å². The number of hydrogen-bond donors (Lipinski definition) is 1. The molecule has 2 heterocycles. The molecule has 174 valence electrons. The summed E-state index contributed by atoms with van der Waals surface area (Å²) in [5.41, 5.74) is 4.13. The van der Waals surface area contributed by atoms with Gasteiger partial charge in [-0.05, 0) is 57.8 Å². The van der Waals surface area contributed by atoms with E-state index in [2.05, 4.69) is 22.6 Å². The van der Waals surface area contributed by atoms with E-state index in [1.165, 1.54) is 23.5 Å². The van der Waals surface area contributed by atoms with Crippen molar-refractivity contribution >= 4 is 48.9 Å². The molecule has 0 aliphatic rings. The van der Waals surface area contributed by atoms with Crippen molar-refractivity contribution in [2.24, 2.45) is 0 Å². The molecule has 5 nitrogen and oxygen atoms in total. The maximum absolute atomic E-state index is 13.2. The SMILES string of the molecule is Cc1cccc(-c2c(C#CCN(C)C)sc3nc(C)cc(NS(=O)(=O)c4cccc(Cl)c4)c23)c1. The molecular formula is C26H24ClN3O2S2. The Morgan fingerprint density at radius 3 is 2.56 bits per heavy atom. The molecule has 0 bridgehead atoms. The highest BCUT2D eigenvalue weighted by atomic mass is 35.5. The van der Waals surface area contributed by atoms with Gasteiger partial charge in [0.25, 0.3) is 10.0 Å². The van der Waals surface area contributed by atoms with Crippen LogP contribution in [0.2, 0.25) is 5.02 Å². The monoisotopic (exact) mass is 509 g/mol. The minimum Gasteiger partial charge on any atom is -0.299 e. The van der Waals surface area contributed by atoms with E-state index in [0.717, 1.165) is 31.8 Å². The number of halogens is 1. The lowest BCUT2D eigenvalue weighted by Gasteiger charge is -2.12. The average molecular weight is 510 g/mol. The maximum atomic E-state index is 13.2. The van der Waals surface area contributed by atoms with E-state index < -0.39 is 10.0 Å². The highest BCUT2D eigenvalue weighted by molar-refractivity contribution is 7.92. The van der Waals surface area contributed by atoms with Gasteiger partial charge < -0.3 is 0 Å². The number of hydrogen-bond acceptors (Lipinski definition) is 5. The zero-order valence-electron chi connectivity index (χ0n) is 19.3. The highest BCUT2D eigenvalue weighted by Crippen LogP contribution is 2.42. The number of benzene rings is 2. The second kappa shape index (κ2) is 9.77.